The molecule has 100 valence electrons. The van der Waals surface area contributed by atoms with Crippen LogP contribution in [0.15, 0.2) is 34.9 Å². The van der Waals surface area contributed by atoms with Crippen molar-refractivity contribution in [2.45, 2.75) is 19.3 Å². The molecule has 1 N–H and O–H groups in total. The molecule has 0 saturated heterocycles. The van der Waals surface area contributed by atoms with E-state index in [1.807, 2.05) is 0 Å². The highest BCUT2D eigenvalue weighted by molar-refractivity contribution is 5.85. The van der Waals surface area contributed by atoms with E-state index >= 15 is 0 Å². The number of nitrogens with zero attached hydrogens (tertiary/aromatic N) is 1. The highest BCUT2D eigenvalue weighted by atomic mass is 19.3. The van der Waals surface area contributed by atoms with Crippen molar-refractivity contribution in [1.82, 2.24) is 5.16 Å². The fourth-order valence-corrected chi connectivity index (χ4v) is 1.71. The number of aromatic carboxylic acids is 1. The highest BCUT2D eigenvalue weighted by Gasteiger charge is 2.22. The van der Waals surface area contributed by atoms with Gasteiger partial charge >= 0.3 is 5.97 Å². The van der Waals surface area contributed by atoms with Gasteiger partial charge in [0.15, 0.2) is 0 Å². The topological polar surface area (TPSA) is 63.3 Å². The summed E-state index contributed by atoms with van der Waals surface area (Å²) in [5, 5.41) is 12.3. The van der Waals surface area contributed by atoms with Crippen LogP contribution in [0.25, 0.3) is 11.3 Å². The SMILES string of the molecule is CC(F)(F)Cc1cccc(-c2cc(C(=O)O)on2)c1. The molecule has 4 nitrogen and oxygen atoms in total. The molecule has 0 aliphatic carbocycles. The Bertz CT molecular complexity index is 602. The quantitative estimate of drug-likeness (QED) is 0.923. The van der Waals surface area contributed by atoms with Gasteiger partial charge in [0, 0.05) is 18.1 Å². The molecule has 0 amide bonds. The minimum atomic E-state index is -2.80. The number of halogens is 2. The van der Waals surface area contributed by atoms with Crippen molar-refractivity contribution >= 4 is 5.97 Å². The molecule has 6 heteroatoms. The molecule has 0 saturated carbocycles. The zero-order chi connectivity index (χ0) is 14.0. The number of carboxylic acids is 1. The molecule has 1 heterocycles. The van der Waals surface area contributed by atoms with Crippen LogP contribution in [-0.2, 0) is 6.42 Å². The Balaban J connectivity index is 2.29. The normalized spacial score (nSPS) is 11.5. The van der Waals surface area contributed by atoms with E-state index in [9.17, 15) is 13.6 Å². The fraction of sp³-hybridized carbons (Fsp3) is 0.231. The molecular formula is C13H11F2NO3. The van der Waals surface area contributed by atoms with Crippen LogP contribution in [0.2, 0.25) is 0 Å². The van der Waals surface area contributed by atoms with Crippen molar-refractivity contribution in [3.8, 4) is 11.3 Å². The number of rotatable bonds is 4. The van der Waals surface area contributed by atoms with Gasteiger partial charge in [0.1, 0.15) is 5.69 Å². The van der Waals surface area contributed by atoms with Crippen molar-refractivity contribution in [2.75, 3.05) is 0 Å². The highest BCUT2D eigenvalue weighted by Crippen LogP contribution is 2.24. The Morgan fingerprint density at radius 1 is 1.42 bits per heavy atom. The van der Waals surface area contributed by atoms with Crippen LogP contribution in [0.3, 0.4) is 0 Å². The third kappa shape index (κ3) is 3.37. The molecule has 2 rings (SSSR count). The predicted molar refractivity (Wildman–Crippen MR) is 63.2 cm³/mol. The number of aromatic nitrogens is 1. The second kappa shape index (κ2) is 4.79. The summed E-state index contributed by atoms with van der Waals surface area (Å²) >= 11 is 0. The minimum Gasteiger partial charge on any atom is -0.475 e. The fourth-order valence-electron chi connectivity index (χ4n) is 1.71. The lowest BCUT2D eigenvalue weighted by molar-refractivity contribution is 0.0226. The maximum atomic E-state index is 12.9. The van der Waals surface area contributed by atoms with Crippen LogP contribution in [0.1, 0.15) is 23.0 Å². The number of benzene rings is 1. The first kappa shape index (κ1) is 13.2. The van der Waals surface area contributed by atoms with Gasteiger partial charge in [0.2, 0.25) is 11.7 Å². The van der Waals surface area contributed by atoms with Crippen molar-refractivity contribution in [3.63, 3.8) is 0 Å². The van der Waals surface area contributed by atoms with Gasteiger partial charge in [-0.3, -0.25) is 0 Å². The molecule has 0 unspecified atom stereocenters. The lowest BCUT2D eigenvalue weighted by Gasteiger charge is -2.10. The lowest BCUT2D eigenvalue weighted by atomic mass is 10.0. The van der Waals surface area contributed by atoms with Crippen molar-refractivity contribution in [1.29, 1.82) is 0 Å². The molecule has 1 aromatic heterocycles. The standard InChI is InChI=1S/C13H11F2NO3/c1-13(14,15)7-8-3-2-4-9(5-8)10-6-11(12(17)18)19-16-10/h2-6H,7H2,1H3,(H,17,18). The molecule has 1 aromatic carbocycles. The zero-order valence-corrected chi connectivity index (χ0v) is 10.1. The number of alkyl halides is 2. The third-order valence-electron chi connectivity index (χ3n) is 2.46. The monoisotopic (exact) mass is 267 g/mol. The molecular weight excluding hydrogens is 256 g/mol. The Labute approximate surface area is 107 Å². The minimum absolute atomic E-state index is 0.291. The Hall–Kier alpha value is -2.24. The second-order valence-electron chi connectivity index (χ2n) is 4.33. The van der Waals surface area contributed by atoms with Crippen LogP contribution in [0.4, 0.5) is 8.78 Å². The Morgan fingerprint density at radius 2 is 2.16 bits per heavy atom. The molecule has 0 aliphatic rings. The largest absolute Gasteiger partial charge is 0.475 e. The number of carboxylic acid groups (broad SMARTS) is 1. The summed E-state index contributed by atoms with van der Waals surface area (Å²) in [6.07, 6.45) is -0.384. The van der Waals surface area contributed by atoms with Gasteiger partial charge in [0.05, 0.1) is 0 Å². The Kier molecular flexibility index (Phi) is 3.33. The summed E-state index contributed by atoms with van der Waals surface area (Å²) in [6, 6.07) is 7.65. The molecule has 0 radical (unpaired) electrons. The molecule has 0 spiro atoms. The van der Waals surface area contributed by atoms with Crippen LogP contribution in [-0.4, -0.2) is 22.2 Å². The van der Waals surface area contributed by atoms with E-state index in [2.05, 4.69) is 9.68 Å². The third-order valence-corrected chi connectivity index (χ3v) is 2.46. The first-order valence-corrected chi connectivity index (χ1v) is 5.52. The van der Waals surface area contributed by atoms with Crippen molar-refractivity contribution < 1.29 is 23.2 Å². The van der Waals surface area contributed by atoms with E-state index in [4.69, 9.17) is 5.11 Å². The predicted octanol–water partition coefficient (Wildman–Crippen LogP) is 3.24. The van der Waals surface area contributed by atoms with E-state index in [0.717, 1.165) is 6.92 Å². The first-order valence-electron chi connectivity index (χ1n) is 5.52. The smallest absolute Gasteiger partial charge is 0.374 e. The van der Waals surface area contributed by atoms with Crippen LogP contribution >= 0.6 is 0 Å². The van der Waals surface area contributed by atoms with Gasteiger partial charge in [-0.1, -0.05) is 23.4 Å². The van der Waals surface area contributed by atoms with E-state index < -0.39 is 11.9 Å². The number of hydrogen-bond acceptors (Lipinski definition) is 3. The van der Waals surface area contributed by atoms with Gasteiger partial charge in [-0.25, -0.2) is 13.6 Å². The summed E-state index contributed by atoms with van der Waals surface area (Å²) in [6.45, 7) is 0.846. The van der Waals surface area contributed by atoms with Crippen LogP contribution in [0.5, 0.6) is 0 Å². The van der Waals surface area contributed by atoms with Gasteiger partial charge < -0.3 is 9.63 Å². The van der Waals surface area contributed by atoms with Gasteiger partial charge in [-0.2, -0.15) is 0 Å². The maximum Gasteiger partial charge on any atom is 0.374 e. The first-order chi connectivity index (χ1) is 8.85. The molecule has 0 bridgehead atoms. The number of hydrogen-bond donors (Lipinski definition) is 1. The molecule has 19 heavy (non-hydrogen) atoms. The summed E-state index contributed by atoms with van der Waals surface area (Å²) in [5.41, 5.74) is 1.29. The van der Waals surface area contributed by atoms with Crippen LogP contribution < -0.4 is 0 Å². The summed E-state index contributed by atoms with van der Waals surface area (Å²) in [4.78, 5) is 10.7. The van der Waals surface area contributed by atoms with Gasteiger partial charge in [0.25, 0.3) is 0 Å². The zero-order valence-electron chi connectivity index (χ0n) is 10.1. The van der Waals surface area contributed by atoms with Crippen molar-refractivity contribution in [2.24, 2.45) is 0 Å². The summed E-state index contributed by atoms with van der Waals surface area (Å²) in [7, 11) is 0. The van der Waals surface area contributed by atoms with E-state index in [1.54, 1.807) is 24.3 Å². The van der Waals surface area contributed by atoms with Gasteiger partial charge in [-0.05, 0) is 18.6 Å². The summed E-state index contributed by atoms with van der Waals surface area (Å²) < 4.78 is 30.5. The Morgan fingerprint density at radius 3 is 2.74 bits per heavy atom. The van der Waals surface area contributed by atoms with Gasteiger partial charge in [-0.15, -0.1) is 0 Å². The van der Waals surface area contributed by atoms with Crippen molar-refractivity contribution in [3.05, 3.63) is 41.7 Å². The average molecular weight is 267 g/mol. The van der Waals surface area contributed by atoms with E-state index in [0.29, 0.717) is 16.8 Å². The molecule has 0 aliphatic heterocycles. The maximum absolute atomic E-state index is 12.9. The van der Waals surface area contributed by atoms with E-state index in [1.165, 1.54) is 6.07 Å². The molecule has 0 atom stereocenters. The number of carbonyl (C=O) groups is 1. The average Bonchev–Trinajstić information content (AvgIpc) is 2.76. The lowest BCUT2D eigenvalue weighted by Crippen LogP contribution is -2.13. The van der Waals surface area contributed by atoms with E-state index in [-0.39, 0.29) is 12.2 Å². The summed E-state index contributed by atoms with van der Waals surface area (Å²) in [5.74, 6) is -4.31. The molecule has 2 aromatic rings. The molecule has 0 fully saturated rings. The second-order valence-corrected chi connectivity index (χ2v) is 4.33. The van der Waals surface area contributed by atoms with Crippen LogP contribution in [0, 0.1) is 0 Å².